The van der Waals surface area contributed by atoms with Crippen molar-refractivity contribution in [3.63, 3.8) is 0 Å². The molecule has 2 N–H and O–H groups in total. The van der Waals surface area contributed by atoms with E-state index in [4.69, 9.17) is 9.47 Å². The standard InChI is InChI=1S/C23H24N2O5/c1-4-20(26)24-19(23(28)30-3)13-17-16-7-5-6-8-18(16)25-21(17)22(27)14-9-11-15(29-2)12-10-14/h5-12,19,25H,4,13H2,1-3H3,(H,24,26)/t19-/m0/s1. The van der Waals surface area contributed by atoms with Gasteiger partial charge in [0, 0.05) is 29.3 Å². The Morgan fingerprint density at radius 1 is 1.03 bits per heavy atom. The van der Waals surface area contributed by atoms with E-state index in [0.29, 0.717) is 22.6 Å². The Kier molecular flexibility index (Phi) is 6.51. The zero-order valence-electron chi connectivity index (χ0n) is 17.2. The van der Waals surface area contributed by atoms with Crippen LogP contribution in [0, 0.1) is 0 Å². The number of esters is 1. The topological polar surface area (TPSA) is 97.5 Å². The Bertz CT molecular complexity index is 1070. The maximum atomic E-state index is 13.3. The van der Waals surface area contributed by atoms with Gasteiger partial charge in [0.15, 0.2) is 0 Å². The highest BCUT2D eigenvalue weighted by atomic mass is 16.5. The number of carbonyl (C=O) groups is 3. The van der Waals surface area contributed by atoms with Gasteiger partial charge in [0.1, 0.15) is 11.8 Å². The molecule has 1 amide bonds. The van der Waals surface area contributed by atoms with Crippen LogP contribution in [-0.2, 0) is 20.7 Å². The molecule has 0 aliphatic rings. The number of nitrogens with one attached hydrogen (secondary N) is 2. The van der Waals surface area contributed by atoms with E-state index in [0.717, 1.165) is 10.9 Å². The average Bonchev–Trinajstić information content (AvgIpc) is 3.15. The second-order valence-electron chi connectivity index (χ2n) is 6.78. The van der Waals surface area contributed by atoms with Gasteiger partial charge in [-0.1, -0.05) is 25.1 Å². The number of methoxy groups -OCH3 is 2. The van der Waals surface area contributed by atoms with Crippen molar-refractivity contribution < 1.29 is 23.9 Å². The van der Waals surface area contributed by atoms with Crippen molar-refractivity contribution in [1.82, 2.24) is 10.3 Å². The number of H-pyrrole nitrogens is 1. The molecule has 3 rings (SSSR count). The molecule has 0 fully saturated rings. The molecule has 30 heavy (non-hydrogen) atoms. The summed E-state index contributed by atoms with van der Waals surface area (Å²) in [5.41, 5.74) is 2.28. The quantitative estimate of drug-likeness (QED) is 0.441. The first-order valence-corrected chi connectivity index (χ1v) is 9.64. The number of ether oxygens (including phenoxy) is 2. The number of fused-ring (bicyclic) bond motifs is 1. The van der Waals surface area contributed by atoms with Crippen LogP contribution in [-0.4, -0.2) is 42.9 Å². The average molecular weight is 408 g/mol. The fourth-order valence-electron chi connectivity index (χ4n) is 3.33. The summed E-state index contributed by atoms with van der Waals surface area (Å²) in [6, 6.07) is 13.4. The van der Waals surface area contributed by atoms with E-state index in [1.165, 1.54) is 7.11 Å². The first kappa shape index (κ1) is 21.1. The minimum absolute atomic E-state index is 0.125. The predicted octanol–water partition coefficient (Wildman–Crippen LogP) is 3.02. The Balaban J connectivity index is 2.04. The van der Waals surface area contributed by atoms with Crippen molar-refractivity contribution in [2.75, 3.05) is 14.2 Å². The predicted molar refractivity (Wildman–Crippen MR) is 113 cm³/mol. The summed E-state index contributed by atoms with van der Waals surface area (Å²) in [7, 11) is 2.83. The Labute approximate surface area is 174 Å². The lowest BCUT2D eigenvalue weighted by Crippen LogP contribution is -2.43. The van der Waals surface area contributed by atoms with Crippen molar-refractivity contribution in [1.29, 1.82) is 0 Å². The zero-order valence-corrected chi connectivity index (χ0v) is 17.2. The van der Waals surface area contributed by atoms with Gasteiger partial charge in [-0.05, 0) is 35.9 Å². The molecule has 0 aliphatic carbocycles. The second-order valence-corrected chi connectivity index (χ2v) is 6.78. The molecule has 1 aromatic heterocycles. The van der Waals surface area contributed by atoms with E-state index in [1.807, 2.05) is 24.3 Å². The molecule has 0 aliphatic heterocycles. The number of ketones is 1. The van der Waals surface area contributed by atoms with E-state index in [9.17, 15) is 14.4 Å². The minimum Gasteiger partial charge on any atom is -0.497 e. The molecule has 1 atom stereocenters. The van der Waals surface area contributed by atoms with Gasteiger partial charge in [0.25, 0.3) is 0 Å². The first-order valence-electron chi connectivity index (χ1n) is 9.64. The van der Waals surface area contributed by atoms with Crippen LogP contribution in [0.15, 0.2) is 48.5 Å². The van der Waals surface area contributed by atoms with E-state index in [-0.39, 0.29) is 24.5 Å². The molecular weight excluding hydrogens is 384 g/mol. The third-order valence-electron chi connectivity index (χ3n) is 4.94. The van der Waals surface area contributed by atoms with Gasteiger partial charge in [-0.2, -0.15) is 0 Å². The van der Waals surface area contributed by atoms with E-state index >= 15 is 0 Å². The fourth-order valence-corrected chi connectivity index (χ4v) is 3.33. The van der Waals surface area contributed by atoms with Gasteiger partial charge in [-0.15, -0.1) is 0 Å². The van der Waals surface area contributed by atoms with Crippen LogP contribution in [0.2, 0.25) is 0 Å². The number of rotatable bonds is 8. The molecule has 0 bridgehead atoms. The van der Waals surface area contributed by atoms with Crippen LogP contribution in [0.5, 0.6) is 5.75 Å². The molecule has 2 aromatic carbocycles. The summed E-state index contributed by atoms with van der Waals surface area (Å²) in [5.74, 6) is -0.399. The van der Waals surface area contributed by atoms with E-state index < -0.39 is 12.0 Å². The lowest BCUT2D eigenvalue weighted by Gasteiger charge is -2.17. The van der Waals surface area contributed by atoms with Crippen LogP contribution in [0.3, 0.4) is 0 Å². The van der Waals surface area contributed by atoms with Crippen LogP contribution in [0.1, 0.15) is 35.0 Å². The maximum absolute atomic E-state index is 13.3. The van der Waals surface area contributed by atoms with Gasteiger partial charge in [0.05, 0.1) is 19.9 Å². The van der Waals surface area contributed by atoms with Crippen LogP contribution in [0.4, 0.5) is 0 Å². The Hall–Kier alpha value is -3.61. The lowest BCUT2D eigenvalue weighted by molar-refractivity contribution is -0.145. The molecule has 0 saturated heterocycles. The highest BCUT2D eigenvalue weighted by Gasteiger charge is 2.27. The lowest BCUT2D eigenvalue weighted by atomic mass is 9.98. The van der Waals surface area contributed by atoms with Gasteiger partial charge >= 0.3 is 5.97 Å². The zero-order chi connectivity index (χ0) is 21.7. The van der Waals surface area contributed by atoms with Gasteiger partial charge in [-0.3, -0.25) is 9.59 Å². The molecule has 0 unspecified atom stereocenters. The number of para-hydroxylation sites is 1. The molecule has 0 spiro atoms. The third kappa shape index (κ3) is 4.35. The minimum atomic E-state index is -0.899. The Morgan fingerprint density at radius 2 is 1.73 bits per heavy atom. The molecule has 3 aromatic rings. The van der Waals surface area contributed by atoms with Gasteiger partial charge < -0.3 is 19.8 Å². The summed E-state index contributed by atoms with van der Waals surface area (Å²) in [4.78, 5) is 40.7. The summed E-state index contributed by atoms with van der Waals surface area (Å²) in [6.45, 7) is 1.70. The monoisotopic (exact) mass is 408 g/mol. The summed E-state index contributed by atoms with van der Waals surface area (Å²) in [5, 5.41) is 3.50. The third-order valence-corrected chi connectivity index (χ3v) is 4.94. The number of aromatic amines is 1. The van der Waals surface area contributed by atoms with Crippen LogP contribution < -0.4 is 10.1 Å². The second kappa shape index (κ2) is 9.26. The first-order chi connectivity index (χ1) is 14.5. The fraction of sp³-hybridized carbons (Fsp3) is 0.261. The SMILES string of the molecule is CCC(=O)N[C@@H](Cc1c(C(=O)c2ccc(OC)cc2)[nH]c2ccccc12)C(=O)OC. The van der Waals surface area contributed by atoms with Gasteiger partial charge in [-0.25, -0.2) is 4.79 Å². The van der Waals surface area contributed by atoms with Crippen molar-refractivity contribution in [2.24, 2.45) is 0 Å². The number of aromatic nitrogens is 1. The summed E-state index contributed by atoms with van der Waals surface area (Å²) >= 11 is 0. The normalized spacial score (nSPS) is 11.7. The van der Waals surface area contributed by atoms with Crippen molar-refractivity contribution in [3.8, 4) is 5.75 Å². The number of benzene rings is 2. The molecule has 7 nitrogen and oxygen atoms in total. The summed E-state index contributed by atoms with van der Waals surface area (Å²) in [6.07, 6.45) is 0.360. The molecule has 1 heterocycles. The molecular formula is C23H24N2O5. The molecule has 0 radical (unpaired) electrons. The van der Waals surface area contributed by atoms with Crippen LogP contribution in [0.25, 0.3) is 10.9 Å². The van der Waals surface area contributed by atoms with E-state index in [1.54, 1.807) is 38.3 Å². The highest BCUT2D eigenvalue weighted by molar-refractivity contribution is 6.12. The highest BCUT2D eigenvalue weighted by Crippen LogP contribution is 2.26. The van der Waals surface area contributed by atoms with Gasteiger partial charge in [0.2, 0.25) is 11.7 Å². The van der Waals surface area contributed by atoms with E-state index in [2.05, 4.69) is 10.3 Å². The Morgan fingerprint density at radius 3 is 2.37 bits per heavy atom. The number of amides is 1. The van der Waals surface area contributed by atoms with Crippen LogP contribution >= 0.6 is 0 Å². The number of hydrogen-bond donors (Lipinski definition) is 2. The molecule has 0 saturated carbocycles. The van der Waals surface area contributed by atoms with Crippen molar-refractivity contribution >= 4 is 28.6 Å². The molecule has 7 heteroatoms. The number of hydrogen-bond acceptors (Lipinski definition) is 5. The smallest absolute Gasteiger partial charge is 0.328 e. The maximum Gasteiger partial charge on any atom is 0.328 e. The molecule has 156 valence electrons. The largest absolute Gasteiger partial charge is 0.497 e. The number of carbonyl (C=O) groups excluding carboxylic acids is 3. The van der Waals surface area contributed by atoms with Crippen molar-refractivity contribution in [3.05, 3.63) is 65.4 Å². The van der Waals surface area contributed by atoms with Crippen molar-refractivity contribution in [2.45, 2.75) is 25.8 Å². The summed E-state index contributed by atoms with van der Waals surface area (Å²) < 4.78 is 10.0.